The van der Waals surface area contributed by atoms with Crippen molar-refractivity contribution in [3.05, 3.63) is 287 Å². The molecule has 0 aliphatic carbocycles. The average Bonchev–Trinajstić information content (AvgIpc) is 1.57. The molecule has 522 valence electrons. The molecular weight excluding hydrogens is 1320 g/mol. The molecular formula is C95H82N8O4+4. The van der Waals surface area contributed by atoms with Gasteiger partial charge in [-0.2, -0.15) is 0 Å². The van der Waals surface area contributed by atoms with Gasteiger partial charge in [0.2, 0.25) is 45.6 Å². The van der Waals surface area contributed by atoms with Crippen LogP contribution in [0.1, 0.15) is 81.8 Å². The van der Waals surface area contributed by atoms with Crippen molar-refractivity contribution < 1.29 is 56.5 Å². The highest BCUT2D eigenvalue weighted by Gasteiger charge is 2.29. The summed E-state index contributed by atoms with van der Waals surface area (Å²) in [5.41, 5.74) is 17.9. The van der Waals surface area contributed by atoms with Crippen molar-refractivity contribution in [1.29, 1.82) is 0 Å². The highest BCUT2D eigenvalue weighted by molar-refractivity contribution is 6.24. The second kappa shape index (κ2) is 26.4. The molecule has 12 heteroatoms. The highest BCUT2D eigenvalue weighted by Crippen LogP contribution is 2.46. The second-order valence-corrected chi connectivity index (χ2v) is 27.8. The molecule has 12 aromatic heterocycles. The van der Waals surface area contributed by atoms with E-state index in [2.05, 4.69) is 44.2 Å². The van der Waals surface area contributed by atoms with Crippen LogP contribution in [0.2, 0.25) is 0 Å². The van der Waals surface area contributed by atoms with E-state index >= 15 is 0 Å². The van der Waals surface area contributed by atoms with Gasteiger partial charge < -0.3 is 17.7 Å². The Labute approximate surface area is 640 Å². The molecule has 107 heavy (non-hydrogen) atoms. The first-order valence-electron chi connectivity index (χ1n) is 42.7. The number of aromatic nitrogens is 8. The molecule has 12 nitrogen and oxygen atoms in total. The van der Waals surface area contributed by atoms with Crippen molar-refractivity contribution in [3.63, 3.8) is 0 Å². The summed E-state index contributed by atoms with van der Waals surface area (Å²) in [5.74, 6) is 0. The van der Waals surface area contributed by atoms with Gasteiger partial charge in [0.1, 0.15) is 28.2 Å². The van der Waals surface area contributed by atoms with Crippen LogP contribution in [0.3, 0.4) is 0 Å². The van der Waals surface area contributed by atoms with E-state index in [0.717, 1.165) is 132 Å². The number of aryl methyl sites for hydroxylation is 15. The third-order valence-corrected chi connectivity index (χ3v) is 20.7. The quantitative estimate of drug-likeness (QED) is 0.160. The number of nitrogens with zero attached hydrogens (tertiary/aromatic N) is 8. The molecule has 0 fully saturated rings. The standard InChI is InChI=1S/3C24H21N2O.C23H19N2O/c1-14-9-10-19-22-18-8-6-5-7-17(18)12-25-24(22)27-23(19)21(14)20-11-15(2)16(3)13-26(20)4;1-14-9-10-19(26(4)13-14)20-15(2)11-16(3)21-22-18-8-6-5-7-17(18)12-25-24(22)27-23(20)21;1-14-9-10-26(4)19(11-14)20-15(2)12-16(3)21-22-18-8-6-5-7-17(18)13-25-24(22)27-23(20)21;1-14-12-15(2)20-21-17-9-5-4-8-16(17)13-24-23(21)26-22(20)19(14)18-10-6-7-11-25(18)3/h3*5-13H,1-4H3;4-13H,1-3H3/q4*+1/i3D3;1D3,3D3;3D3;2D3. The Hall–Kier alpha value is -12.8. The lowest BCUT2D eigenvalue weighted by atomic mass is 9.95. The molecule has 0 aliphatic rings. The fourth-order valence-corrected chi connectivity index (χ4v) is 15.5. The zero-order valence-corrected chi connectivity index (χ0v) is 60.6. The van der Waals surface area contributed by atoms with E-state index in [1.54, 1.807) is 72.9 Å². The van der Waals surface area contributed by atoms with Crippen LogP contribution in [-0.4, -0.2) is 19.9 Å². The Morgan fingerprint density at radius 1 is 0.271 bits per heavy atom. The zero-order valence-electron chi connectivity index (χ0n) is 75.6. The summed E-state index contributed by atoms with van der Waals surface area (Å²) in [6.07, 6.45) is 14.3. The van der Waals surface area contributed by atoms with Gasteiger partial charge in [-0.15, -0.1) is 0 Å². The van der Waals surface area contributed by atoms with Gasteiger partial charge in [-0.25, -0.2) is 38.2 Å². The van der Waals surface area contributed by atoms with Gasteiger partial charge in [-0.1, -0.05) is 127 Å². The third-order valence-electron chi connectivity index (χ3n) is 20.7. The number of hydrogen-bond acceptors (Lipinski definition) is 8. The highest BCUT2D eigenvalue weighted by atomic mass is 16.4. The van der Waals surface area contributed by atoms with Crippen molar-refractivity contribution in [2.45, 2.75) is 75.8 Å². The van der Waals surface area contributed by atoms with E-state index < -0.39 is 34.3 Å². The van der Waals surface area contributed by atoms with Gasteiger partial charge in [0.15, 0.2) is 47.1 Å². The van der Waals surface area contributed by atoms with Crippen molar-refractivity contribution in [2.75, 3.05) is 0 Å². The molecule has 12 heterocycles. The molecule has 0 atom stereocenters. The first-order chi connectivity index (χ1) is 57.8. The molecule has 0 amide bonds. The maximum atomic E-state index is 8.19. The number of furan rings is 4. The van der Waals surface area contributed by atoms with E-state index in [1.807, 2.05) is 216 Å². The van der Waals surface area contributed by atoms with Gasteiger partial charge in [0, 0.05) is 136 Å². The fraction of sp³-hybridized carbons (Fsp3) is 0.158. The molecule has 0 radical (unpaired) electrons. The Balaban J connectivity index is 0.000000116. The summed E-state index contributed by atoms with van der Waals surface area (Å²) in [4.78, 5) is 18.0. The fourth-order valence-electron chi connectivity index (χ4n) is 15.5. The summed E-state index contributed by atoms with van der Waals surface area (Å²) in [6.45, 7) is 0.342. The predicted molar refractivity (Wildman–Crippen MR) is 435 cm³/mol. The van der Waals surface area contributed by atoms with Crippen LogP contribution in [0.4, 0.5) is 0 Å². The molecule has 0 saturated carbocycles. The van der Waals surface area contributed by atoms with E-state index in [-0.39, 0.29) is 11.1 Å². The number of benzene rings is 8. The average molecular weight is 1410 g/mol. The lowest BCUT2D eigenvalue weighted by molar-refractivity contribution is -0.660. The minimum atomic E-state index is -2.36. The van der Waals surface area contributed by atoms with Crippen LogP contribution in [-0.2, 0) is 28.2 Å². The molecule has 0 unspecified atom stereocenters. The van der Waals surface area contributed by atoms with Crippen molar-refractivity contribution >= 4 is 131 Å². The van der Waals surface area contributed by atoms with Crippen LogP contribution in [0.15, 0.2) is 243 Å². The number of hydrogen-bond donors (Lipinski definition) is 0. The molecule has 20 rings (SSSR count). The summed E-state index contributed by atoms with van der Waals surface area (Å²) in [7, 11) is 7.59. The normalized spacial score (nSPS) is 14.4. The van der Waals surface area contributed by atoms with E-state index in [9.17, 15) is 0 Å². The number of pyridine rings is 8. The van der Waals surface area contributed by atoms with Crippen molar-refractivity contribution in [3.8, 4) is 45.0 Å². The minimum absolute atomic E-state index is 0.206. The largest absolute Gasteiger partial charge is 0.437 e. The second-order valence-electron chi connectivity index (χ2n) is 27.8. The van der Waals surface area contributed by atoms with Crippen LogP contribution >= 0.6 is 0 Å². The van der Waals surface area contributed by atoms with Crippen LogP contribution in [0.5, 0.6) is 0 Å². The molecule has 0 bridgehead atoms. The minimum Gasteiger partial charge on any atom is -0.437 e. The van der Waals surface area contributed by atoms with Gasteiger partial charge >= 0.3 is 0 Å². The van der Waals surface area contributed by atoms with Crippen LogP contribution in [0, 0.1) is 75.8 Å². The van der Waals surface area contributed by atoms with E-state index in [4.69, 9.17) is 38.2 Å². The number of rotatable bonds is 4. The van der Waals surface area contributed by atoms with E-state index in [0.29, 0.717) is 94.7 Å². The zero-order chi connectivity index (χ0) is 86.5. The predicted octanol–water partition coefficient (Wildman–Crippen LogP) is 21.9. The Morgan fingerprint density at radius 3 is 1.14 bits per heavy atom. The maximum absolute atomic E-state index is 8.19. The van der Waals surface area contributed by atoms with E-state index in [1.165, 1.54) is 0 Å². The van der Waals surface area contributed by atoms with Crippen molar-refractivity contribution in [2.24, 2.45) is 28.2 Å². The first kappa shape index (κ1) is 52.2. The summed E-state index contributed by atoms with van der Waals surface area (Å²) < 4.78 is 153. The SMILES string of the molecule is [2H]C([2H])([2H])c1c[n+](C)c(-c2c(C)ccc3c2oc2ncc4ccccc4c23)cc1C.[2H]C([2H])([2H])c1cc(C)c(-c2cc(C)cc[n+]2C)c2oc3ncc4ccccc4c3c12.[2H]C([2H])([2H])c1cc(C)c(-c2cccc[n+]2C)c2oc3ncc4ccccc4c3c12.[2H]C([2H])([2H])c1ccc(-c2c(C)cc(C([2H])([2H])[2H])c3c2oc2ncc4ccccc4c23)[n+](C)c1. The third kappa shape index (κ3) is 11.4. The lowest BCUT2D eigenvalue weighted by Gasteiger charge is -2.08. The van der Waals surface area contributed by atoms with Crippen LogP contribution < -0.4 is 18.3 Å². The Kier molecular flexibility index (Phi) is 12.9. The summed E-state index contributed by atoms with van der Waals surface area (Å²) in [6, 6.07) is 56.3. The molecule has 0 saturated heterocycles. The van der Waals surface area contributed by atoms with Gasteiger partial charge in [-0.05, 0) is 160 Å². The molecule has 8 aromatic carbocycles. The smallest absolute Gasteiger partial charge is 0.227 e. The monoisotopic (exact) mass is 1410 g/mol. The first-order valence-corrected chi connectivity index (χ1v) is 35.2. The molecule has 0 N–H and O–H groups in total. The topological polar surface area (TPSA) is 120 Å². The van der Waals surface area contributed by atoms with Gasteiger partial charge in [0.05, 0.1) is 43.8 Å². The van der Waals surface area contributed by atoms with Crippen LogP contribution in [0.25, 0.3) is 176 Å². The summed E-state index contributed by atoms with van der Waals surface area (Å²) >= 11 is 0. The molecule has 0 spiro atoms. The lowest BCUT2D eigenvalue weighted by Crippen LogP contribution is -2.31. The van der Waals surface area contributed by atoms with Gasteiger partial charge in [0.25, 0.3) is 0 Å². The Morgan fingerprint density at radius 2 is 0.673 bits per heavy atom. The number of fused-ring (bicyclic) bond motifs is 20. The van der Waals surface area contributed by atoms with Gasteiger partial charge in [-0.3, -0.25) is 0 Å². The molecule has 20 aromatic rings. The van der Waals surface area contributed by atoms with Crippen molar-refractivity contribution in [1.82, 2.24) is 19.9 Å². The Bertz CT molecular complexity index is 7720. The molecule has 0 aliphatic heterocycles. The summed E-state index contributed by atoms with van der Waals surface area (Å²) in [5, 5.41) is 13.6. The maximum Gasteiger partial charge on any atom is 0.227 e.